The summed E-state index contributed by atoms with van der Waals surface area (Å²) < 4.78 is 0. The van der Waals surface area contributed by atoms with Crippen LogP contribution in [-0.2, 0) is 4.79 Å². The SMILES string of the molecule is Cc1cc(SCC(=O)NC(C)(C#N)C2CC2)nc2c(C)cccc12. The van der Waals surface area contributed by atoms with E-state index in [9.17, 15) is 10.1 Å². The van der Waals surface area contributed by atoms with Crippen molar-refractivity contribution in [3.05, 3.63) is 35.4 Å². The molecule has 1 atom stereocenters. The second-order valence-electron chi connectivity index (χ2n) is 6.67. The number of para-hydroxylation sites is 1. The van der Waals surface area contributed by atoms with Gasteiger partial charge in [0, 0.05) is 5.39 Å². The fraction of sp³-hybridized carbons (Fsp3) is 0.421. The molecule has 0 saturated heterocycles. The first kappa shape index (κ1) is 16.8. The van der Waals surface area contributed by atoms with Crippen LogP contribution in [0.2, 0.25) is 0 Å². The van der Waals surface area contributed by atoms with E-state index in [1.54, 1.807) is 0 Å². The number of carbonyl (C=O) groups is 1. The van der Waals surface area contributed by atoms with E-state index in [1.807, 2.05) is 32.0 Å². The zero-order valence-corrected chi connectivity index (χ0v) is 15.0. The molecule has 1 amide bonds. The van der Waals surface area contributed by atoms with E-state index in [4.69, 9.17) is 0 Å². The highest BCUT2D eigenvalue weighted by molar-refractivity contribution is 7.99. The van der Waals surface area contributed by atoms with Crippen LogP contribution in [0.25, 0.3) is 10.9 Å². The molecular weight excluding hydrogens is 318 g/mol. The molecule has 4 nitrogen and oxygen atoms in total. The molecular formula is C19H21N3OS. The number of aryl methyl sites for hydroxylation is 2. The predicted molar refractivity (Wildman–Crippen MR) is 96.8 cm³/mol. The van der Waals surface area contributed by atoms with Crippen LogP contribution in [-0.4, -0.2) is 22.2 Å². The van der Waals surface area contributed by atoms with Gasteiger partial charge in [0.25, 0.3) is 0 Å². The molecule has 24 heavy (non-hydrogen) atoms. The van der Waals surface area contributed by atoms with Crippen molar-refractivity contribution in [3.63, 3.8) is 0 Å². The molecule has 1 unspecified atom stereocenters. The maximum absolute atomic E-state index is 12.2. The Hall–Kier alpha value is -2.06. The van der Waals surface area contributed by atoms with Crippen molar-refractivity contribution in [2.24, 2.45) is 5.92 Å². The van der Waals surface area contributed by atoms with Gasteiger partial charge in [0.15, 0.2) is 0 Å². The molecule has 1 aliphatic carbocycles. The lowest BCUT2D eigenvalue weighted by atomic mass is 9.98. The summed E-state index contributed by atoms with van der Waals surface area (Å²) in [6.07, 6.45) is 2.03. The monoisotopic (exact) mass is 339 g/mol. The first-order chi connectivity index (χ1) is 11.4. The third-order valence-electron chi connectivity index (χ3n) is 4.60. The first-order valence-corrected chi connectivity index (χ1v) is 9.13. The van der Waals surface area contributed by atoms with Crippen LogP contribution < -0.4 is 5.32 Å². The minimum Gasteiger partial charge on any atom is -0.337 e. The summed E-state index contributed by atoms with van der Waals surface area (Å²) in [4.78, 5) is 16.9. The van der Waals surface area contributed by atoms with Crippen molar-refractivity contribution < 1.29 is 4.79 Å². The van der Waals surface area contributed by atoms with Gasteiger partial charge in [-0.05, 0) is 56.7 Å². The first-order valence-electron chi connectivity index (χ1n) is 8.15. The van der Waals surface area contributed by atoms with Gasteiger partial charge in [-0.3, -0.25) is 4.79 Å². The molecule has 2 aromatic rings. The van der Waals surface area contributed by atoms with Crippen LogP contribution in [0.3, 0.4) is 0 Å². The molecule has 0 aliphatic heterocycles. The molecule has 1 saturated carbocycles. The Morgan fingerprint density at radius 1 is 1.42 bits per heavy atom. The highest BCUT2D eigenvalue weighted by atomic mass is 32.2. The Kier molecular flexibility index (Phi) is 4.51. The smallest absolute Gasteiger partial charge is 0.231 e. The summed E-state index contributed by atoms with van der Waals surface area (Å²) in [6, 6.07) is 10.4. The van der Waals surface area contributed by atoms with Gasteiger partial charge in [0.05, 0.1) is 22.4 Å². The molecule has 1 aromatic heterocycles. The van der Waals surface area contributed by atoms with Gasteiger partial charge in [-0.2, -0.15) is 5.26 Å². The Balaban J connectivity index is 1.70. The maximum Gasteiger partial charge on any atom is 0.231 e. The zero-order valence-electron chi connectivity index (χ0n) is 14.2. The van der Waals surface area contributed by atoms with Crippen molar-refractivity contribution >= 4 is 28.6 Å². The average Bonchev–Trinajstić information content (AvgIpc) is 3.39. The summed E-state index contributed by atoms with van der Waals surface area (Å²) >= 11 is 1.42. The number of nitriles is 1. The van der Waals surface area contributed by atoms with E-state index in [0.717, 1.165) is 39.9 Å². The minimum atomic E-state index is -0.735. The number of hydrogen-bond acceptors (Lipinski definition) is 4. The predicted octanol–water partition coefficient (Wildman–Crippen LogP) is 3.75. The summed E-state index contributed by atoms with van der Waals surface area (Å²) in [5, 5.41) is 14.2. The van der Waals surface area contributed by atoms with Crippen molar-refractivity contribution in [1.29, 1.82) is 5.26 Å². The summed E-state index contributed by atoms with van der Waals surface area (Å²) in [5.41, 5.74) is 2.54. The number of nitrogens with one attached hydrogen (secondary N) is 1. The number of nitrogens with zero attached hydrogens (tertiary/aromatic N) is 2. The lowest BCUT2D eigenvalue weighted by molar-refractivity contribution is -0.119. The third kappa shape index (κ3) is 3.39. The van der Waals surface area contributed by atoms with Gasteiger partial charge in [-0.25, -0.2) is 4.98 Å². The van der Waals surface area contributed by atoms with Gasteiger partial charge in [0.1, 0.15) is 5.54 Å². The molecule has 0 radical (unpaired) electrons. The van der Waals surface area contributed by atoms with E-state index < -0.39 is 5.54 Å². The minimum absolute atomic E-state index is 0.111. The lowest BCUT2D eigenvalue weighted by Crippen LogP contribution is -2.47. The summed E-state index contributed by atoms with van der Waals surface area (Å²) in [6.45, 7) is 5.92. The van der Waals surface area contributed by atoms with Crippen molar-refractivity contribution in [2.75, 3.05) is 5.75 Å². The molecule has 1 aromatic carbocycles. The van der Waals surface area contributed by atoms with Crippen LogP contribution in [0, 0.1) is 31.1 Å². The van der Waals surface area contributed by atoms with Crippen molar-refractivity contribution in [3.8, 4) is 6.07 Å². The van der Waals surface area contributed by atoms with Gasteiger partial charge in [-0.1, -0.05) is 30.0 Å². The molecule has 3 rings (SSSR count). The quantitative estimate of drug-likeness (QED) is 0.843. The number of thioether (sulfide) groups is 1. The highest BCUT2D eigenvalue weighted by Crippen LogP contribution is 2.39. The van der Waals surface area contributed by atoms with Crippen LogP contribution in [0.1, 0.15) is 30.9 Å². The molecule has 1 N–H and O–H groups in total. The number of carbonyl (C=O) groups excluding carboxylic acids is 1. The van der Waals surface area contributed by atoms with Gasteiger partial charge < -0.3 is 5.32 Å². The average molecular weight is 339 g/mol. The largest absolute Gasteiger partial charge is 0.337 e. The number of amides is 1. The second-order valence-corrected chi connectivity index (χ2v) is 7.67. The van der Waals surface area contributed by atoms with E-state index >= 15 is 0 Å². The number of fused-ring (bicyclic) bond motifs is 1. The number of rotatable bonds is 5. The molecule has 1 aliphatic rings. The van der Waals surface area contributed by atoms with Crippen LogP contribution in [0.5, 0.6) is 0 Å². The fourth-order valence-corrected chi connectivity index (χ4v) is 3.72. The van der Waals surface area contributed by atoms with Crippen LogP contribution >= 0.6 is 11.8 Å². The number of benzene rings is 1. The van der Waals surface area contributed by atoms with Crippen LogP contribution in [0.4, 0.5) is 0 Å². The molecule has 1 fully saturated rings. The normalized spacial score (nSPS) is 16.4. The van der Waals surface area contributed by atoms with Gasteiger partial charge in [0.2, 0.25) is 5.91 Å². The summed E-state index contributed by atoms with van der Waals surface area (Å²) in [5.74, 6) is 0.453. The molecule has 124 valence electrons. The Morgan fingerprint density at radius 3 is 2.83 bits per heavy atom. The Bertz CT molecular complexity index is 838. The molecule has 0 bridgehead atoms. The van der Waals surface area contributed by atoms with Crippen LogP contribution in [0.15, 0.2) is 29.3 Å². The van der Waals surface area contributed by atoms with E-state index in [2.05, 4.69) is 29.4 Å². The third-order valence-corrected chi connectivity index (χ3v) is 5.51. The van der Waals surface area contributed by atoms with Crippen molar-refractivity contribution in [1.82, 2.24) is 10.3 Å². The van der Waals surface area contributed by atoms with Gasteiger partial charge in [-0.15, -0.1) is 0 Å². The fourth-order valence-electron chi connectivity index (χ4n) is 2.95. The topological polar surface area (TPSA) is 65.8 Å². The molecule has 0 spiro atoms. The lowest BCUT2D eigenvalue weighted by Gasteiger charge is -2.22. The number of aromatic nitrogens is 1. The Morgan fingerprint density at radius 2 is 2.17 bits per heavy atom. The van der Waals surface area contributed by atoms with E-state index in [-0.39, 0.29) is 11.7 Å². The highest BCUT2D eigenvalue weighted by Gasteiger charge is 2.42. The number of hydrogen-bond donors (Lipinski definition) is 1. The summed E-state index contributed by atoms with van der Waals surface area (Å²) in [7, 11) is 0. The zero-order chi connectivity index (χ0) is 17.3. The van der Waals surface area contributed by atoms with Gasteiger partial charge >= 0.3 is 0 Å². The Labute approximate surface area is 146 Å². The second kappa shape index (κ2) is 6.45. The van der Waals surface area contributed by atoms with E-state index in [1.165, 1.54) is 11.8 Å². The molecule has 5 heteroatoms. The van der Waals surface area contributed by atoms with E-state index in [0.29, 0.717) is 5.92 Å². The maximum atomic E-state index is 12.2. The standard InChI is InChI=1S/C19H21N3OS/c1-12-5-4-6-15-13(2)9-17(21-18(12)15)24-10-16(23)22-19(3,11-20)14-7-8-14/h4-6,9,14H,7-8,10H2,1-3H3,(H,22,23). The number of pyridine rings is 1. The molecule has 1 heterocycles. The van der Waals surface area contributed by atoms with Crippen molar-refractivity contribution in [2.45, 2.75) is 44.2 Å².